The Morgan fingerprint density at radius 3 is 2.49 bits per heavy atom. The highest BCUT2D eigenvalue weighted by Gasteiger charge is 2.37. The van der Waals surface area contributed by atoms with Crippen LogP contribution in [-0.4, -0.2) is 39.3 Å². The van der Waals surface area contributed by atoms with Crippen molar-refractivity contribution < 1.29 is 41.0 Å². The number of alkyl halides is 3. The van der Waals surface area contributed by atoms with E-state index in [0.717, 1.165) is 22.5 Å². The minimum atomic E-state index is -4.74. The normalized spacial score (nSPS) is 15.6. The van der Waals surface area contributed by atoms with Gasteiger partial charge in [0.15, 0.2) is 0 Å². The van der Waals surface area contributed by atoms with E-state index in [-0.39, 0.29) is 30.8 Å². The van der Waals surface area contributed by atoms with Crippen LogP contribution < -0.4 is 13.8 Å². The number of hydrogen-bond donors (Lipinski definition) is 1. The van der Waals surface area contributed by atoms with Crippen LogP contribution in [0.15, 0.2) is 65.6 Å². The van der Waals surface area contributed by atoms with E-state index in [9.17, 15) is 26.4 Å². The van der Waals surface area contributed by atoms with Gasteiger partial charge in [-0.05, 0) is 60.0 Å². The third-order valence-corrected chi connectivity index (χ3v) is 7.88. The van der Waals surface area contributed by atoms with E-state index in [0.29, 0.717) is 28.0 Å². The molecule has 7 nitrogen and oxygen atoms in total. The standard InChI is InChI=1S/C25H21ClF3NO6S/c1-35-22-8-5-15(11-20(22)26)16-6-9-23-21(12-16)30(14-18(36-23)7-10-24(31)32)37(33,34)19-4-2-3-17(13-19)25(27,28)29/h2-6,8-9,11-13,18H,7,10,14H2,1H3,(H,31,32)/t18-/m0/s1. The van der Waals surface area contributed by atoms with Gasteiger partial charge in [0.05, 0.1) is 34.8 Å². The first-order valence-corrected chi connectivity index (χ1v) is 12.8. The van der Waals surface area contributed by atoms with Gasteiger partial charge in [-0.2, -0.15) is 13.2 Å². The first kappa shape index (κ1) is 26.6. The summed E-state index contributed by atoms with van der Waals surface area (Å²) in [5.41, 5.74) is 0.206. The number of anilines is 1. The van der Waals surface area contributed by atoms with E-state index >= 15 is 0 Å². The molecule has 1 heterocycles. The van der Waals surface area contributed by atoms with Crippen molar-refractivity contribution in [3.8, 4) is 22.6 Å². The second-order valence-electron chi connectivity index (χ2n) is 8.27. The fraction of sp³-hybridized carbons (Fsp3) is 0.240. The molecular formula is C25H21ClF3NO6S. The van der Waals surface area contributed by atoms with Crippen LogP contribution in [0.5, 0.6) is 11.5 Å². The molecule has 0 radical (unpaired) electrons. The highest BCUT2D eigenvalue weighted by molar-refractivity contribution is 7.92. The Bertz CT molecular complexity index is 1440. The summed E-state index contributed by atoms with van der Waals surface area (Å²) in [7, 11) is -3.02. The molecule has 0 aromatic heterocycles. The molecule has 0 amide bonds. The molecule has 3 aromatic carbocycles. The molecule has 1 aliphatic rings. The Labute approximate surface area is 216 Å². The van der Waals surface area contributed by atoms with E-state index in [1.807, 2.05) is 0 Å². The van der Waals surface area contributed by atoms with Crippen molar-refractivity contribution in [1.82, 2.24) is 0 Å². The van der Waals surface area contributed by atoms with Crippen molar-refractivity contribution in [2.24, 2.45) is 0 Å². The van der Waals surface area contributed by atoms with Crippen molar-refractivity contribution in [2.75, 3.05) is 18.0 Å². The number of ether oxygens (including phenoxy) is 2. The van der Waals surface area contributed by atoms with Crippen molar-refractivity contribution in [3.05, 3.63) is 71.2 Å². The van der Waals surface area contributed by atoms with Crippen molar-refractivity contribution >= 4 is 33.3 Å². The van der Waals surface area contributed by atoms with Crippen molar-refractivity contribution in [1.29, 1.82) is 0 Å². The lowest BCUT2D eigenvalue weighted by molar-refractivity contribution is -0.138. The largest absolute Gasteiger partial charge is 0.495 e. The van der Waals surface area contributed by atoms with Gasteiger partial charge in [0, 0.05) is 6.42 Å². The van der Waals surface area contributed by atoms with E-state index in [1.54, 1.807) is 24.3 Å². The average molecular weight is 556 g/mol. The van der Waals surface area contributed by atoms with Crippen LogP contribution in [0.25, 0.3) is 11.1 Å². The fourth-order valence-corrected chi connectivity index (χ4v) is 5.76. The first-order valence-electron chi connectivity index (χ1n) is 11.0. The van der Waals surface area contributed by atoms with Crippen LogP contribution in [0.3, 0.4) is 0 Å². The van der Waals surface area contributed by atoms with Gasteiger partial charge < -0.3 is 14.6 Å². The zero-order chi connectivity index (χ0) is 27.0. The number of methoxy groups -OCH3 is 1. The van der Waals surface area contributed by atoms with Gasteiger partial charge in [0.2, 0.25) is 0 Å². The van der Waals surface area contributed by atoms with E-state index in [4.69, 9.17) is 26.2 Å². The zero-order valence-electron chi connectivity index (χ0n) is 19.3. The zero-order valence-corrected chi connectivity index (χ0v) is 20.9. The second-order valence-corrected chi connectivity index (χ2v) is 10.5. The maximum absolute atomic E-state index is 13.6. The number of halogens is 4. The molecule has 37 heavy (non-hydrogen) atoms. The van der Waals surface area contributed by atoms with Crippen LogP contribution in [0.4, 0.5) is 18.9 Å². The lowest BCUT2D eigenvalue weighted by atomic mass is 10.0. The predicted octanol–water partition coefficient (Wildman–Crippen LogP) is 5.86. The van der Waals surface area contributed by atoms with E-state index < -0.39 is 38.7 Å². The molecule has 0 fully saturated rings. The summed E-state index contributed by atoms with van der Waals surface area (Å²) in [5, 5.41) is 9.39. The molecule has 3 aromatic rings. The molecule has 1 atom stereocenters. The minimum Gasteiger partial charge on any atom is -0.495 e. The van der Waals surface area contributed by atoms with Crippen LogP contribution >= 0.6 is 11.6 Å². The summed E-state index contributed by atoms with van der Waals surface area (Å²) in [6.07, 6.45) is -5.84. The number of nitrogens with zero attached hydrogens (tertiary/aromatic N) is 1. The number of benzene rings is 3. The van der Waals surface area contributed by atoms with Crippen LogP contribution in [0.1, 0.15) is 18.4 Å². The highest BCUT2D eigenvalue weighted by atomic mass is 35.5. The molecule has 1 N–H and O–H groups in total. The lowest BCUT2D eigenvalue weighted by Crippen LogP contribution is -2.43. The molecule has 0 aliphatic carbocycles. The Kier molecular flexibility index (Phi) is 7.29. The predicted molar refractivity (Wildman–Crippen MR) is 131 cm³/mol. The van der Waals surface area contributed by atoms with Gasteiger partial charge in [-0.1, -0.05) is 29.8 Å². The Hall–Kier alpha value is -3.44. The second kappa shape index (κ2) is 10.1. The molecular weight excluding hydrogens is 535 g/mol. The molecule has 12 heteroatoms. The summed E-state index contributed by atoms with van der Waals surface area (Å²) in [5.74, 6) is -0.490. The fourth-order valence-electron chi connectivity index (χ4n) is 3.96. The summed E-state index contributed by atoms with van der Waals surface area (Å²) >= 11 is 6.24. The number of rotatable bonds is 7. The molecule has 1 aliphatic heterocycles. The SMILES string of the molecule is COc1ccc(-c2ccc3c(c2)N(S(=O)(=O)c2cccc(C(F)(F)F)c2)C[C@H](CCC(=O)O)O3)cc1Cl. The Balaban J connectivity index is 1.81. The maximum Gasteiger partial charge on any atom is 0.416 e. The van der Waals surface area contributed by atoms with Gasteiger partial charge >= 0.3 is 12.1 Å². The smallest absolute Gasteiger partial charge is 0.416 e. The van der Waals surface area contributed by atoms with Gasteiger partial charge in [0.25, 0.3) is 10.0 Å². The molecule has 4 rings (SSSR count). The number of aliphatic carboxylic acids is 1. The van der Waals surface area contributed by atoms with Crippen LogP contribution in [0, 0.1) is 0 Å². The van der Waals surface area contributed by atoms with Gasteiger partial charge in [-0.3, -0.25) is 9.10 Å². The number of carbonyl (C=O) groups is 1. The average Bonchev–Trinajstić information content (AvgIpc) is 2.86. The molecule has 0 saturated heterocycles. The number of carboxylic acid groups (broad SMARTS) is 1. The molecule has 0 bridgehead atoms. The third-order valence-electron chi connectivity index (χ3n) is 5.81. The molecule has 196 valence electrons. The summed E-state index contributed by atoms with van der Waals surface area (Å²) in [4.78, 5) is 10.5. The summed E-state index contributed by atoms with van der Waals surface area (Å²) in [6.45, 7) is -0.286. The van der Waals surface area contributed by atoms with Gasteiger partial charge in [0.1, 0.15) is 17.6 Å². The quantitative estimate of drug-likeness (QED) is 0.393. The molecule has 0 unspecified atom stereocenters. The number of sulfonamides is 1. The lowest BCUT2D eigenvalue weighted by Gasteiger charge is -2.36. The van der Waals surface area contributed by atoms with Crippen molar-refractivity contribution in [2.45, 2.75) is 30.0 Å². The number of fused-ring (bicyclic) bond motifs is 1. The summed E-state index contributed by atoms with van der Waals surface area (Å²) < 4.78 is 79.2. The van der Waals surface area contributed by atoms with E-state index in [1.165, 1.54) is 19.2 Å². The minimum absolute atomic E-state index is 0.000770. The number of carboxylic acids is 1. The van der Waals surface area contributed by atoms with Crippen molar-refractivity contribution in [3.63, 3.8) is 0 Å². The highest BCUT2D eigenvalue weighted by Crippen LogP contribution is 2.42. The van der Waals surface area contributed by atoms with Crippen LogP contribution in [-0.2, 0) is 21.0 Å². The third kappa shape index (κ3) is 5.62. The van der Waals surface area contributed by atoms with E-state index in [2.05, 4.69) is 0 Å². The first-order chi connectivity index (χ1) is 17.4. The molecule has 0 saturated carbocycles. The van der Waals surface area contributed by atoms with Gasteiger partial charge in [-0.15, -0.1) is 0 Å². The number of hydrogen-bond acceptors (Lipinski definition) is 5. The molecule has 0 spiro atoms. The Morgan fingerprint density at radius 1 is 1.14 bits per heavy atom. The van der Waals surface area contributed by atoms with Gasteiger partial charge in [-0.25, -0.2) is 8.42 Å². The monoisotopic (exact) mass is 555 g/mol. The Morgan fingerprint density at radius 2 is 1.84 bits per heavy atom. The summed E-state index contributed by atoms with van der Waals surface area (Å²) in [6, 6.07) is 13.2. The topological polar surface area (TPSA) is 93.1 Å². The van der Waals surface area contributed by atoms with Crippen LogP contribution in [0.2, 0.25) is 5.02 Å². The maximum atomic E-state index is 13.6.